The average molecular weight is 861 g/mol. The molecule has 320 valence electrons. The van der Waals surface area contributed by atoms with Gasteiger partial charge in [0.1, 0.15) is 34.5 Å². The highest BCUT2D eigenvalue weighted by Gasteiger charge is 2.05. The zero-order chi connectivity index (χ0) is 44.9. The minimum absolute atomic E-state index is 0.704. The van der Waals surface area contributed by atoms with Gasteiger partial charge in [-0.25, -0.2) is 0 Å². The van der Waals surface area contributed by atoms with Crippen LogP contribution in [0, 0.1) is 6.92 Å². The van der Waals surface area contributed by atoms with E-state index in [1.807, 2.05) is 213 Å². The van der Waals surface area contributed by atoms with E-state index >= 15 is 0 Å². The van der Waals surface area contributed by atoms with Crippen LogP contribution in [0.25, 0.3) is 22.3 Å². The van der Waals surface area contributed by atoms with Crippen LogP contribution >= 0.6 is 0 Å². The minimum atomic E-state index is 0.704. The number of hydrogen-bond donors (Lipinski definition) is 0. The van der Waals surface area contributed by atoms with Crippen LogP contribution in [0.1, 0.15) is 18.1 Å². The van der Waals surface area contributed by atoms with Crippen molar-refractivity contribution in [2.75, 3.05) is 0 Å². The maximum absolute atomic E-state index is 6.12. The van der Waals surface area contributed by atoms with E-state index in [1.165, 1.54) is 11.1 Å². The quantitative estimate of drug-likeness (QED) is 0.0959. The third-order valence-corrected chi connectivity index (χ3v) is 10.5. The van der Waals surface area contributed by atoms with E-state index in [0.29, 0.717) is 5.75 Å². The van der Waals surface area contributed by atoms with E-state index in [2.05, 4.69) is 49.7 Å². The van der Waals surface area contributed by atoms with Crippen LogP contribution < -0.4 is 14.2 Å². The van der Waals surface area contributed by atoms with Gasteiger partial charge in [-0.3, -0.25) is 0 Å². The lowest BCUT2D eigenvalue weighted by Crippen LogP contribution is -1.85. The molecule has 0 bridgehead atoms. The molecule has 0 spiro atoms. The van der Waals surface area contributed by atoms with Crippen LogP contribution in [0.15, 0.2) is 249 Å². The topological polar surface area (TPSA) is 102 Å². The molecule has 0 fully saturated rings. The zero-order valence-corrected chi connectivity index (χ0v) is 36.4. The molecule has 9 heteroatoms. The summed E-state index contributed by atoms with van der Waals surface area (Å²) < 4.78 is 18.1. The number of hydrogen-bond acceptors (Lipinski definition) is 9. The Morgan fingerprint density at radius 1 is 0.258 bits per heavy atom. The van der Waals surface area contributed by atoms with Gasteiger partial charge < -0.3 is 14.2 Å². The third kappa shape index (κ3) is 11.6. The molecule has 66 heavy (non-hydrogen) atoms. The van der Waals surface area contributed by atoms with Gasteiger partial charge in [-0.15, -0.1) is 0 Å². The smallest absolute Gasteiger partial charge is 0.127 e. The Bertz CT molecular complexity index is 3060. The Morgan fingerprint density at radius 2 is 0.455 bits per heavy atom. The second kappa shape index (κ2) is 20.6. The summed E-state index contributed by atoms with van der Waals surface area (Å²) in [5.41, 5.74) is 11.3. The van der Waals surface area contributed by atoms with Crippen LogP contribution in [0.2, 0.25) is 0 Å². The van der Waals surface area contributed by atoms with Gasteiger partial charge in [-0.2, -0.15) is 30.7 Å². The third-order valence-electron chi connectivity index (χ3n) is 10.5. The molecule has 0 aromatic heterocycles. The van der Waals surface area contributed by atoms with E-state index in [9.17, 15) is 0 Å². The molecule has 0 amide bonds. The van der Waals surface area contributed by atoms with Gasteiger partial charge in [0.15, 0.2) is 0 Å². The van der Waals surface area contributed by atoms with E-state index < -0.39 is 0 Å². The molecule has 9 aromatic carbocycles. The Balaban J connectivity index is 0.723. The number of azo groups is 3. The van der Waals surface area contributed by atoms with Crippen molar-refractivity contribution in [2.24, 2.45) is 30.7 Å². The molecule has 0 radical (unpaired) electrons. The van der Waals surface area contributed by atoms with Crippen molar-refractivity contribution in [3.8, 4) is 56.8 Å². The number of rotatable bonds is 15. The fraction of sp³-hybridized carbons (Fsp3) is 0.0526. The van der Waals surface area contributed by atoms with Gasteiger partial charge in [0.2, 0.25) is 0 Å². The molecule has 9 rings (SSSR count). The van der Waals surface area contributed by atoms with Crippen molar-refractivity contribution in [3.63, 3.8) is 0 Å². The summed E-state index contributed by atoms with van der Waals surface area (Å²) in [7, 11) is 0. The molecule has 0 saturated carbocycles. The van der Waals surface area contributed by atoms with Crippen molar-refractivity contribution >= 4 is 34.1 Å². The summed E-state index contributed by atoms with van der Waals surface area (Å²) in [4.78, 5) is 0. The Morgan fingerprint density at radius 3 is 0.712 bits per heavy atom. The first-order valence-electron chi connectivity index (χ1n) is 21.6. The maximum atomic E-state index is 6.12. The number of aryl methyl sites for hydroxylation is 2. The molecule has 9 aromatic rings. The lowest BCUT2D eigenvalue weighted by Gasteiger charge is -2.08. The minimum Gasteiger partial charge on any atom is -0.457 e. The van der Waals surface area contributed by atoms with Crippen LogP contribution in [0.3, 0.4) is 0 Å². The van der Waals surface area contributed by atoms with Crippen LogP contribution in [-0.4, -0.2) is 0 Å². The summed E-state index contributed by atoms with van der Waals surface area (Å²) in [6.07, 6.45) is 1.000. The van der Waals surface area contributed by atoms with Crippen molar-refractivity contribution in [1.82, 2.24) is 0 Å². The molecular formula is C57H44N6O3. The Kier molecular flexibility index (Phi) is 13.2. The summed E-state index contributed by atoms with van der Waals surface area (Å²) in [6, 6.07) is 70.6. The fourth-order valence-electron chi connectivity index (χ4n) is 6.77. The normalized spacial score (nSPS) is 11.4. The number of ether oxygens (including phenoxy) is 3. The van der Waals surface area contributed by atoms with E-state index in [0.717, 1.165) is 91.5 Å². The zero-order valence-electron chi connectivity index (χ0n) is 36.4. The van der Waals surface area contributed by atoms with Gasteiger partial charge in [-0.05, 0) is 187 Å². The second-order valence-corrected chi connectivity index (χ2v) is 15.4. The van der Waals surface area contributed by atoms with Crippen LogP contribution in [0.4, 0.5) is 34.1 Å². The first-order chi connectivity index (χ1) is 32.5. The predicted octanol–water partition coefficient (Wildman–Crippen LogP) is 18.5. The van der Waals surface area contributed by atoms with Crippen molar-refractivity contribution in [1.29, 1.82) is 0 Å². The SMILES string of the molecule is CCc1ccc(Oc2ccc(N=Nc3ccc(-c4ccc(Oc5ccc(N=Nc6ccc(-c7ccc(Oc8ccc(N=Nc9ccc(C)cc9)cc8)cc7)cc6)cc5)cc4)cc3)cc2)cc1. The fourth-order valence-corrected chi connectivity index (χ4v) is 6.77. The van der Waals surface area contributed by atoms with Crippen molar-refractivity contribution < 1.29 is 14.2 Å². The maximum Gasteiger partial charge on any atom is 0.127 e. The first-order valence-corrected chi connectivity index (χ1v) is 21.6. The van der Waals surface area contributed by atoms with Crippen LogP contribution in [-0.2, 0) is 6.42 Å². The number of benzene rings is 9. The highest BCUT2D eigenvalue weighted by atomic mass is 16.5. The molecule has 9 nitrogen and oxygen atoms in total. The highest BCUT2D eigenvalue weighted by Crippen LogP contribution is 2.32. The highest BCUT2D eigenvalue weighted by molar-refractivity contribution is 5.67. The molecule has 0 heterocycles. The van der Waals surface area contributed by atoms with Gasteiger partial charge in [0, 0.05) is 0 Å². The summed E-state index contributed by atoms with van der Waals surface area (Å²) >= 11 is 0. The van der Waals surface area contributed by atoms with Gasteiger partial charge >= 0.3 is 0 Å². The summed E-state index contributed by atoms with van der Waals surface area (Å²) in [5.74, 6) is 4.46. The lowest BCUT2D eigenvalue weighted by molar-refractivity contribution is 0.482. The molecule has 0 atom stereocenters. The predicted molar refractivity (Wildman–Crippen MR) is 263 cm³/mol. The molecule has 0 aliphatic rings. The molecule has 0 N–H and O–H groups in total. The Labute approximate surface area is 384 Å². The standard InChI is InChI=1S/C57H44N6O3/c1-3-41-6-28-52(29-7-41)64-55-34-22-50(23-35-55)62-59-47-18-8-42(9-19-47)45-14-32-54(33-15-45)66-57-38-26-51(27-39-57)63-60-48-20-10-43(11-21-48)44-12-30-53(31-13-44)65-56-36-24-49(25-37-56)61-58-46-16-4-40(2)5-17-46/h4-39H,3H2,1-2H3. The average Bonchev–Trinajstić information content (AvgIpc) is 3.37. The second-order valence-electron chi connectivity index (χ2n) is 15.4. The first kappa shape index (κ1) is 42.5. The van der Waals surface area contributed by atoms with Gasteiger partial charge in [-0.1, -0.05) is 85.3 Å². The molecule has 0 saturated heterocycles. The molecule has 0 aliphatic heterocycles. The van der Waals surface area contributed by atoms with Crippen molar-refractivity contribution in [3.05, 3.63) is 230 Å². The van der Waals surface area contributed by atoms with Crippen molar-refractivity contribution in [2.45, 2.75) is 20.3 Å². The largest absolute Gasteiger partial charge is 0.457 e. The van der Waals surface area contributed by atoms with E-state index in [1.54, 1.807) is 0 Å². The summed E-state index contributed by atoms with van der Waals surface area (Å²) in [6.45, 7) is 4.18. The van der Waals surface area contributed by atoms with E-state index in [4.69, 9.17) is 14.2 Å². The lowest BCUT2D eigenvalue weighted by atomic mass is 10.1. The summed E-state index contributed by atoms with van der Waals surface area (Å²) in [5, 5.41) is 26.3. The molecule has 0 unspecified atom stereocenters. The van der Waals surface area contributed by atoms with Gasteiger partial charge in [0.05, 0.1) is 34.1 Å². The Hall–Kier alpha value is -8.82. The molecule has 0 aliphatic carbocycles. The number of nitrogens with zero attached hydrogens (tertiary/aromatic N) is 6. The molecular weight excluding hydrogens is 817 g/mol. The van der Waals surface area contributed by atoms with Gasteiger partial charge in [0.25, 0.3) is 0 Å². The van der Waals surface area contributed by atoms with Crippen LogP contribution in [0.5, 0.6) is 34.5 Å². The monoisotopic (exact) mass is 860 g/mol. The van der Waals surface area contributed by atoms with E-state index in [-0.39, 0.29) is 0 Å².